The first kappa shape index (κ1) is 10.1. The van der Waals surface area contributed by atoms with E-state index in [9.17, 15) is 8.42 Å². The van der Waals surface area contributed by atoms with Crippen LogP contribution in [0.3, 0.4) is 0 Å². The largest absolute Gasteiger partial charge is 0.304 e. The first-order valence-electron chi connectivity index (χ1n) is 4.39. The monoisotopic (exact) mass is 225 g/mol. The Balaban J connectivity index is 2.99. The van der Waals surface area contributed by atoms with Gasteiger partial charge in [0, 0.05) is 0 Å². The lowest BCUT2D eigenvalue weighted by molar-refractivity contribution is 0.589. The summed E-state index contributed by atoms with van der Waals surface area (Å²) in [6, 6.07) is 5.34. The van der Waals surface area contributed by atoms with Crippen molar-refractivity contribution in [2.45, 2.75) is 13.8 Å². The molecule has 0 fully saturated rings. The zero-order chi connectivity index (χ0) is 11.2. The molecule has 15 heavy (non-hydrogen) atoms. The highest BCUT2D eigenvalue weighted by atomic mass is 32.2. The minimum Gasteiger partial charge on any atom is -0.232 e. The minimum absolute atomic E-state index is 0.377. The lowest BCUT2D eigenvalue weighted by Crippen LogP contribution is -2.22. The van der Waals surface area contributed by atoms with Crippen molar-refractivity contribution in [3.05, 3.63) is 29.6 Å². The van der Waals surface area contributed by atoms with Crippen LogP contribution in [0.4, 0.5) is 0 Å². The smallest absolute Gasteiger partial charge is 0.232 e. The fourth-order valence-electron chi connectivity index (χ4n) is 1.66. The van der Waals surface area contributed by atoms with Gasteiger partial charge in [-0.2, -0.15) is 8.42 Å². The molecule has 0 atom stereocenters. The molecule has 2 aromatic rings. The Labute approximate surface area is 87.7 Å². The molecule has 5 nitrogen and oxygen atoms in total. The third kappa shape index (κ3) is 1.51. The van der Waals surface area contributed by atoms with Crippen molar-refractivity contribution in [2.75, 3.05) is 0 Å². The van der Waals surface area contributed by atoms with Crippen molar-refractivity contribution in [2.24, 2.45) is 5.14 Å². The maximum absolute atomic E-state index is 11.3. The molecule has 0 aliphatic heterocycles. The van der Waals surface area contributed by atoms with Gasteiger partial charge in [-0.3, -0.25) is 0 Å². The van der Waals surface area contributed by atoms with Gasteiger partial charge in [-0.25, -0.2) is 14.1 Å². The second-order valence-electron chi connectivity index (χ2n) is 3.41. The number of benzene rings is 1. The number of para-hydroxylation sites is 1. The summed E-state index contributed by atoms with van der Waals surface area (Å²) < 4.78 is 23.7. The molecule has 0 aliphatic carbocycles. The molecule has 0 saturated heterocycles. The molecule has 0 spiro atoms. The third-order valence-electron chi connectivity index (χ3n) is 2.26. The van der Waals surface area contributed by atoms with Gasteiger partial charge >= 0.3 is 10.2 Å². The van der Waals surface area contributed by atoms with E-state index < -0.39 is 10.2 Å². The van der Waals surface area contributed by atoms with Crippen molar-refractivity contribution in [3.63, 3.8) is 0 Å². The maximum Gasteiger partial charge on any atom is 0.304 e. The van der Waals surface area contributed by atoms with E-state index in [1.807, 2.05) is 13.0 Å². The number of nitrogens with two attached hydrogens (primary N) is 1. The average molecular weight is 225 g/mol. The molecule has 0 unspecified atom stereocenters. The summed E-state index contributed by atoms with van der Waals surface area (Å²) in [4.78, 5) is 4.18. The number of aryl methyl sites for hydroxylation is 2. The van der Waals surface area contributed by atoms with Crippen LogP contribution in [0.1, 0.15) is 11.4 Å². The van der Waals surface area contributed by atoms with Gasteiger partial charge in [0.2, 0.25) is 0 Å². The van der Waals surface area contributed by atoms with Gasteiger partial charge in [0.1, 0.15) is 5.82 Å². The number of hydrogen-bond acceptors (Lipinski definition) is 3. The highest BCUT2D eigenvalue weighted by molar-refractivity contribution is 7.87. The summed E-state index contributed by atoms with van der Waals surface area (Å²) in [5, 5.41) is 5.11. The zero-order valence-corrected chi connectivity index (χ0v) is 9.25. The predicted octanol–water partition coefficient (Wildman–Crippen LogP) is 0.705. The standard InChI is InChI=1S/C9H11N3O2S/c1-6-4-3-5-8-9(6)11-7(2)12(8)15(10,13)14/h3-5H,1-2H3,(H2,10,13,14). The van der Waals surface area contributed by atoms with E-state index in [2.05, 4.69) is 4.98 Å². The van der Waals surface area contributed by atoms with Crippen molar-refractivity contribution >= 4 is 21.2 Å². The van der Waals surface area contributed by atoms with Crippen LogP contribution in [0.25, 0.3) is 11.0 Å². The molecule has 1 heterocycles. The summed E-state index contributed by atoms with van der Waals surface area (Å²) in [7, 11) is -3.78. The first-order valence-corrected chi connectivity index (χ1v) is 5.89. The predicted molar refractivity (Wildman–Crippen MR) is 57.7 cm³/mol. The normalized spacial score (nSPS) is 12.2. The Kier molecular flexibility index (Phi) is 2.06. The summed E-state index contributed by atoms with van der Waals surface area (Å²) in [5.74, 6) is 0.377. The number of nitrogens with zero attached hydrogens (tertiary/aromatic N) is 2. The number of imidazole rings is 1. The van der Waals surface area contributed by atoms with E-state index in [0.29, 0.717) is 16.9 Å². The van der Waals surface area contributed by atoms with Gasteiger partial charge in [0.25, 0.3) is 0 Å². The Morgan fingerprint density at radius 1 is 1.33 bits per heavy atom. The van der Waals surface area contributed by atoms with Crippen LogP contribution in [0.15, 0.2) is 18.2 Å². The molecule has 80 valence electrons. The van der Waals surface area contributed by atoms with E-state index in [-0.39, 0.29) is 0 Å². The number of rotatable bonds is 1. The third-order valence-corrected chi connectivity index (χ3v) is 3.23. The number of hydrogen-bond donors (Lipinski definition) is 1. The van der Waals surface area contributed by atoms with E-state index in [1.165, 1.54) is 0 Å². The quantitative estimate of drug-likeness (QED) is 0.776. The Bertz CT molecular complexity index is 628. The molecule has 2 N–H and O–H groups in total. The van der Waals surface area contributed by atoms with Crippen molar-refractivity contribution < 1.29 is 8.42 Å². The molecule has 0 saturated carbocycles. The van der Waals surface area contributed by atoms with Gasteiger partial charge in [0.15, 0.2) is 0 Å². The summed E-state index contributed by atoms with van der Waals surface area (Å²) >= 11 is 0. The molecule has 0 amide bonds. The Hall–Kier alpha value is -1.40. The van der Waals surface area contributed by atoms with Gasteiger partial charge in [-0.15, -0.1) is 0 Å². The van der Waals surface area contributed by atoms with Gasteiger partial charge < -0.3 is 0 Å². The summed E-state index contributed by atoms with van der Waals surface area (Å²) in [5.41, 5.74) is 2.12. The molecular formula is C9H11N3O2S. The SMILES string of the molecule is Cc1cccc2c1nc(C)n2S(N)(=O)=O. The van der Waals surface area contributed by atoms with Gasteiger partial charge in [0.05, 0.1) is 11.0 Å². The van der Waals surface area contributed by atoms with Crippen molar-refractivity contribution in [1.82, 2.24) is 8.96 Å². The van der Waals surface area contributed by atoms with Crippen molar-refractivity contribution in [1.29, 1.82) is 0 Å². The Morgan fingerprint density at radius 2 is 2.00 bits per heavy atom. The fourth-order valence-corrected chi connectivity index (χ4v) is 2.49. The van der Waals surface area contributed by atoms with Gasteiger partial charge in [-0.05, 0) is 25.5 Å². The number of aromatic nitrogens is 2. The molecule has 0 radical (unpaired) electrons. The second kappa shape index (κ2) is 3.04. The lowest BCUT2D eigenvalue weighted by Gasteiger charge is -2.02. The summed E-state index contributed by atoms with van der Waals surface area (Å²) in [6.45, 7) is 3.49. The highest BCUT2D eigenvalue weighted by Gasteiger charge is 2.16. The van der Waals surface area contributed by atoms with Gasteiger partial charge in [-0.1, -0.05) is 12.1 Å². The zero-order valence-electron chi connectivity index (χ0n) is 8.43. The van der Waals surface area contributed by atoms with E-state index in [4.69, 9.17) is 5.14 Å². The molecule has 0 aliphatic rings. The minimum atomic E-state index is -3.78. The lowest BCUT2D eigenvalue weighted by atomic mass is 10.2. The first-order chi connectivity index (χ1) is 6.91. The van der Waals surface area contributed by atoms with E-state index >= 15 is 0 Å². The highest BCUT2D eigenvalue weighted by Crippen LogP contribution is 2.19. The average Bonchev–Trinajstić information content (AvgIpc) is 2.41. The van der Waals surface area contributed by atoms with Crippen LogP contribution in [-0.4, -0.2) is 17.4 Å². The second-order valence-corrected chi connectivity index (χ2v) is 4.81. The molecule has 2 rings (SSSR count). The maximum atomic E-state index is 11.3. The van der Waals surface area contributed by atoms with Crippen molar-refractivity contribution in [3.8, 4) is 0 Å². The van der Waals surface area contributed by atoms with Crippen LogP contribution in [0, 0.1) is 13.8 Å². The van der Waals surface area contributed by atoms with E-state index in [1.54, 1.807) is 19.1 Å². The summed E-state index contributed by atoms with van der Waals surface area (Å²) in [6.07, 6.45) is 0. The van der Waals surface area contributed by atoms with Crippen LogP contribution < -0.4 is 5.14 Å². The topological polar surface area (TPSA) is 78.0 Å². The van der Waals surface area contributed by atoms with Crippen LogP contribution in [0.2, 0.25) is 0 Å². The molecule has 1 aromatic heterocycles. The molecular weight excluding hydrogens is 214 g/mol. The fraction of sp³-hybridized carbons (Fsp3) is 0.222. The molecule has 0 bridgehead atoms. The Morgan fingerprint density at radius 3 is 2.60 bits per heavy atom. The van der Waals surface area contributed by atoms with Crippen LogP contribution in [-0.2, 0) is 10.2 Å². The van der Waals surface area contributed by atoms with Crippen LogP contribution in [0.5, 0.6) is 0 Å². The molecule has 6 heteroatoms. The molecule has 1 aromatic carbocycles. The number of fused-ring (bicyclic) bond motifs is 1. The van der Waals surface area contributed by atoms with E-state index in [0.717, 1.165) is 9.54 Å². The van der Waals surface area contributed by atoms with Crippen LogP contribution >= 0.6 is 0 Å².